The molecule has 1 heterocycles. The molecule has 1 aliphatic rings. The van der Waals surface area contributed by atoms with E-state index >= 15 is 0 Å². The number of carbonyl (C=O) groups excluding carboxylic acids is 1. The summed E-state index contributed by atoms with van der Waals surface area (Å²) in [6, 6.07) is 14.4. The number of fused-ring (bicyclic) bond motifs is 1. The molecule has 0 saturated heterocycles. The molecule has 6 nitrogen and oxygen atoms in total. The highest BCUT2D eigenvalue weighted by Crippen LogP contribution is 2.36. The number of benzene rings is 2. The molecule has 2 aromatic carbocycles. The smallest absolute Gasteiger partial charge is 0.296 e. The Hall–Kier alpha value is -3.52. The second-order valence-corrected chi connectivity index (χ2v) is 6.09. The largest absolute Gasteiger partial charge is 0.486 e. The number of hydrogen-bond acceptors (Lipinski definition) is 5. The lowest BCUT2D eigenvalue weighted by Crippen LogP contribution is -2.45. The highest BCUT2D eigenvalue weighted by molar-refractivity contribution is 5.99. The molecule has 0 aromatic heterocycles. The number of hydrogen-bond donors (Lipinski definition) is 0. The van der Waals surface area contributed by atoms with Gasteiger partial charge in [-0.1, -0.05) is 24.4 Å². The molecule has 0 aliphatic carbocycles. The molecule has 1 aliphatic heterocycles. The topological polar surface area (TPSA) is 71.8 Å². The number of anilines is 1. The molecule has 2 aromatic rings. The van der Waals surface area contributed by atoms with Crippen molar-refractivity contribution in [1.82, 2.24) is 0 Å². The van der Waals surface area contributed by atoms with Crippen LogP contribution in [0.3, 0.4) is 0 Å². The number of rotatable bonds is 6. The fraction of sp³-hybridized carbons (Fsp3) is 0.227. The number of likely N-dealkylation sites (N-methyl/N-ethyl adjacent to an activating group) is 1. The predicted octanol–water partition coefficient (Wildman–Crippen LogP) is 3.62. The van der Waals surface area contributed by atoms with Crippen LogP contribution in [0.2, 0.25) is 0 Å². The van der Waals surface area contributed by atoms with Crippen molar-refractivity contribution < 1.29 is 19.0 Å². The van der Waals surface area contributed by atoms with Crippen molar-refractivity contribution in [3.8, 4) is 11.8 Å². The third kappa shape index (κ3) is 3.91. The SMILES string of the molecule is C=C=C(OCC)c1ccc2c(c1)OC(OCc1ccc(C#N)cc1)C(=O)N2C. The molecule has 0 fully saturated rings. The van der Waals surface area contributed by atoms with Crippen molar-refractivity contribution in [2.75, 3.05) is 18.6 Å². The Balaban J connectivity index is 1.78. The van der Waals surface area contributed by atoms with Crippen LogP contribution >= 0.6 is 0 Å². The van der Waals surface area contributed by atoms with Crippen molar-refractivity contribution in [3.05, 3.63) is 71.5 Å². The Morgan fingerprint density at radius 3 is 2.68 bits per heavy atom. The van der Waals surface area contributed by atoms with E-state index in [4.69, 9.17) is 19.5 Å². The third-order valence-electron chi connectivity index (χ3n) is 4.28. The van der Waals surface area contributed by atoms with Gasteiger partial charge in [0.2, 0.25) is 0 Å². The summed E-state index contributed by atoms with van der Waals surface area (Å²) in [6.45, 7) is 6.20. The van der Waals surface area contributed by atoms with E-state index in [0.717, 1.165) is 11.1 Å². The number of carbonyl (C=O) groups is 1. The Labute approximate surface area is 163 Å². The minimum atomic E-state index is -1.06. The highest BCUT2D eigenvalue weighted by atomic mass is 16.7. The normalized spacial score (nSPS) is 15.1. The van der Waals surface area contributed by atoms with Gasteiger partial charge in [0.15, 0.2) is 5.76 Å². The lowest BCUT2D eigenvalue weighted by molar-refractivity contribution is -0.153. The fourth-order valence-electron chi connectivity index (χ4n) is 2.80. The van der Waals surface area contributed by atoms with Crippen molar-refractivity contribution in [1.29, 1.82) is 5.26 Å². The number of nitrogens with zero attached hydrogens (tertiary/aromatic N) is 2. The summed E-state index contributed by atoms with van der Waals surface area (Å²) in [4.78, 5) is 14.1. The maximum Gasteiger partial charge on any atom is 0.296 e. The highest BCUT2D eigenvalue weighted by Gasteiger charge is 2.33. The van der Waals surface area contributed by atoms with Gasteiger partial charge in [-0.05, 0) is 42.8 Å². The fourth-order valence-corrected chi connectivity index (χ4v) is 2.80. The number of ether oxygens (including phenoxy) is 3. The first kappa shape index (κ1) is 19.2. The van der Waals surface area contributed by atoms with Crippen molar-refractivity contribution in [3.63, 3.8) is 0 Å². The van der Waals surface area contributed by atoms with Gasteiger partial charge in [-0.15, -0.1) is 0 Å². The maximum atomic E-state index is 12.6. The monoisotopic (exact) mass is 376 g/mol. The van der Waals surface area contributed by atoms with E-state index in [1.54, 1.807) is 43.4 Å². The van der Waals surface area contributed by atoms with Crippen LogP contribution in [0.5, 0.6) is 5.75 Å². The molecule has 0 bridgehead atoms. The van der Waals surface area contributed by atoms with Gasteiger partial charge >= 0.3 is 0 Å². The summed E-state index contributed by atoms with van der Waals surface area (Å²) in [6.07, 6.45) is -1.06. The average molecular weight is 376 g/mol. The Morgan fingerprint density at radius 1 is 1.29 bits per heavy atom. The summed E-state index contributed by atoms with van der Waals surface area (Å²) in [5.41, 5.74) is 5.57. The van der Waals surface area contributed by atoms with Crippen molar-refractivity contribution in [2.24, 2.45) is 0 Å². The molecule has 1 unspecified atom stereocenters. The average Bonchev–Trinajstić information content (AvgIpc) is 2.73. The zero-order valence-electron chi connectivity index (χ0n) is 15.8. The first-order valence-corrected chi connectivity index (χ1v) is 8.79. The van der Waals surface area contributed by atoms with Crippen LogP contribution in [0, 0.1) is 11.3 Å². The zero-order chi connectivity index (χ0) is 20.1. The van der Waals surface area contributed by atoms with Crippen LogP contribution < -0.4 is 9.64 Å². The van der Waals surface area contributed by atoms with Gasteiger partial charge in [0.05, 0.1) is 30.5 Å². The van der Waals surface area contributed by atoms with Crippen molar-refractivity contribution >= 4 is 17.4 Å². The summed E-state index contributed by atoms with van der Waals surface area (Å²) < 4.78 is 17.0. The van der Waals surface area contributed by atoms with E-state index in [9.17, 15) is 4.79 Å². The van der Waals surface area contributed by atoms with Crippen molar-refractivity contribution in [2.45, 2.75) is 19.8 Å². The van der Waals surface area contributed by atoms with Gasteiger partial charge in [-0.25, -0.2) is 0 Å². The molecule has 0 spiro atoms. The predicted molar refractivity (Wildman–Crippen MR) is 104 cm³/mol. The van der Waals surface area contributed by atoms with E-state index in [0.29, 0.717) is 29.4 Å². The summed E-state index contributed by atoms with van der Waals surface area (Å²) in [7, 11) is 1.67. The molecular weight excluding hydrogens is 356 g/mol. The molecule has 0 N–H and O–H groups in total. The number of amides is 1. The lowest BCUT2D eigenvalue weighted by atomic mass is 10.1. The van der Waals surface area contributed by atoms with E-state index < -0.39 is 6.29 Å². The Bertz CT molecular complexity index is 969. The van der Waals surface area contributed by atoms with Crippen LogP contribution in [-0.2, 0) is 20.9 Å². The molecule has 1 amide bonds. The summed E-state index contributed by atoms with van der Waals surface area (Å²) in [5, 5.41) is 8.86. The summed E-state index contributed by atoms with van der Waals surface area (Å²) in [5.74, 6) is 0.735. The maximum absolute atomic E-state index is 12.6. The van der Waals surface area contributed by atoms with Gasteiger partial charge < -0.3 is 19.1 Å². The summed E-state index contributed by atoms with van der Waals surface area (Å²) >= 11 is 0. The van der Waals surface area contributed by atoms with Crippen LogP contribution in [0.25, 0.3) is 5.76 Å². The molecule has 3 rings (SSSR count). The van der Waals surface area contributed by atoms with E-state index in [2.05, 4.69) is 18.4 Å². The van der Waals surface area contributed by atoms with E-state index in [1.807, 2.05) is 13.0 Å². The molecule has 6 heteroatoms. The van der Waals surface area contributed by atoms with E-state index in [1.165, 1.54) is 4.90 Å². The second kappa shape index (κ2) is 8.45. The van der Waals surface area contributed by atoms with Gasteiger partial charge in [-0.2, -0.15) is 5.26 Å². The quantitative estimate of drug-likeness (QED) is 0.569. The molecule has 0 saturated carbocycles. The van der Waals surface area contributed by atoms with Crippen LogP contribution in [0.15, 0.2) is 54.8 Å². The van der Waals surface area contributed by atoms with Crippen LogP contribution in [0.1, 0.15) is 23.6 Å². The molecule has 28 heavy (non-hydrogen) atoms. The molecule has 142 valence electrons. The zero-order valence-corrected chi connectivity index (χ0v) is 15.8. The minimum absolute atomic E-state index is 0.182. The Morgan fingerprint density at radius 2 is 2.04 bits per heavy atom. The van der Waals surface area contributed by atoms with Gasteiger partial charge in [0.25, 0.3) is 12.2 Å². The minimum Gasteiger partial charge on any atom is -0.486 e. The van der Waals surface area contributed by atoms with Crippen LogP contribution in [0.4, 0.5) is 5.69 Å². The first-order valence-electron chi connectivity index (χ1n) is 8.79. The first-order chi connectivity index (χ1) is 13.6. The second-order valence-electron chi connectivity index (χ2n) is 6.09. The van der Waals surface area contributed by atoms with Gasteiger partial charge in [0.1, 0.15) is 5.75 Å². The Kier molecular flexibility index (Phi) is 5.81. The van der Waals surface area contributed by atoms with E-state index in [-0.39, 0.29) is 12.5 Å². The van der Waals surface area contributed by atoms with Crippen LogP contribution in [-0.4, -0.2) is 25.9 Å². The van der Waals surface area contributed by atoms with Gasteiger partial charge in [-0.3, -0.25) is 4.79 Å². The standard InChI is InChI=1S/C22H20N2O4/c1-4-19(26-5-2)17-10-11-18-20(12-17)28-22(21(25)24(18)3)27-14-16-8-6-15(13-23)7-9-16/h6-12,22H,1,5,14H2,2-3H3. The molecule has 0 radical (unpaired) electrons. The lowest BCUT2D eigenvalue weighted by Gasteiger charge is -2.32. The third-order valence-corrected chi connectivity index (χ3v) is 4.28. The molecular formula is C22H20N2O4. The van der Waals surface area contributed by atoms with Gasteiger partial charge in [0, 0.05) is 12.6 Å². The number of nitriles is 1. The molecule has 1 atom stereocenters.